The molecule has 0 heterocycles. The van der Waals surface area contributed by atoms with Gasteiger partial charge in [-0.3, -0.25) is 4.79 Å². The third-order valence-corrected chi connectivity index (χ3v) is 3.11. The summed E-state index contributed by atoms with van der Waals surface area (Å²) in [6.07, 6.45) is 3.61. The van der Waals surface area contributed by atoms with Gasteiger partial charge in [-0.25, -0.2) is 0 Å². The molecule has 0 saturated carbocycles. The van der Waals surface area contributed by atoms with Gasteiger partial charge in [-0.05, 0) is 31.4 Å². The summed E-state index contributed by atoms with van der Waals surface area (Å²) in [5, 5.41) is 2.94. The molecule has 0 aliphatic carbocycles. The van der Waals surface area contributed by atoms with Gasteiger partial charge in [0.05, 0.1) is 0 Å². The summed E-state index contributed by atoms with van der Waals surface area (Å²) in [4.78, 5) is 12.0. The summed E-state index contributed by atoms with van der Waals surface area (Å²) in [6, 6.07) is 7.78. The summed E-state index contributed by atoms with van der Waals surface area (Å²) in [6.45, 7) is 6.84. The van der Waals surface area contributed by atoms with E-state index in [4.69, 9.17) is 4.74 Å². The Labute approximate surface area is 116 Å². The van der Waals surface area contributed by atoms with E-state index in [2.05, 4.69) is 12.2 Å². The Kier molecular flexibility index (Phi) is 7.01. The van der Waals surface area contributed by atoms with Gasteiger partial charge >= 0.3 is 0 Å². The van der Waals surface area contributed by atoms with Crippen LogP contribution in [0.15, 0.2) is 24.3 Å². The molecule has 0 bridgehead atoms. The van der Waals surface area contributed by atoms with Crippen molar-refractivity contribution in [3.63, 3.8) is 0 Å². The zero-order chi connectivity index (χ0) is 14.1. The molecule has 1 unspecified atom stereocenters. The van der Waals surface area contributed by atoms with Crippen LogP contribution in [0.5, 0.6) is 5.75 Å². The van der Waals surface area contributed by atoms with Gasteiger partial charge in [-0.15, -0.1) is 0 Å². The highest BCUT2D eigenvalue weighted by Crippen LogP contribution is 2.18. The first kappa shape index (κ1) is 15.5. The molecule has 0 spiro atoms. The van der Waals surface area contributed by atoms with Gasteiger partial charge in [0.1, 0.15) is 5.75 Å². The number of hydrogen-bond acceptors (Lipinski definition) is 2. The van der Waals surface area contributed by atoms with E-state index < -0.39 is 6.10 Å². The lowest BCUT2D eigenvalue weighted by Gasteiger charge is -2.18. The van der Waals surface area contributed by atoms with Crippen LogP contribution in [0, 0.1) is 6.92 Å². The van der Waals surface area contributed by atoms with Crippen molar-refractivity contribution in [2.75, 3.05) is 6.54 Å². The second-order valence-electron chi connectivity index (χ2n) is 4.78. The summed E-state index contributed by atoms with van der Waals surface area (Å²) >= 11 is 0. The van der Waals surface area contributed by atoms with E-state index in [0.29, 0.717) is 6.42 Å². The normalized spacial score (nSPS) is 11.9. The number of nitrogens with one attached hydrogen (secondary N) is 1. The second-order valence-corrected chi connectivity index (χ2v) is 4.78. The molecule has 0 aliphatic rings. The SMILES string of the molecule is CCCCCNC(=O)C(CC)Oc1ccccc1C. The fourth-order valence-corrected chi connectivity index (χ4v) is 1.86. The van der Waals surface area contributed by atoms with E-state index in [-0.39, 0.29) is 5.91 Å². The molecule has 3 nitrogen and oxygen atoms in total. The molecular formula is C16H25NO2. The Morgan fingerprint density at radius 1 is 1.26 bits per heavy atom. The number of rotatable bonds is 8. The maximum atomic E-state index is 12.0. The van der Waals surface area contributed by atoms with E-state index in [1.165, 1.54) is 0 Å². The number of ether oxygens (including phenoxy) is 1. The Balaban J connectivity index is 2.48. The molecule has 0 radical (unpaired) electrons. The Hall–Kier alpha value is -1.51. The number of hydrogen-bond donors (Lipinski definition) is 1. The molecule has 1 aromatic carbocycles. The zero-order valence-corrected chi connectivity index (χ0v) is 12.2. The summed E-state index contributed by atoms with van der Waals surface area (Å²) in [5.74, 6) is 0.778. The van der Waals surface area contributed by atoms with Crippen molar-refractivity contribution >= 4 is 5.91 Å². The first-order valence-corrected chi connectivity index (χ1v) is 7.19. The highest BCUT2D eigenvalue weighted by Gasteiger charge is 2.18. The van der Waals surface area contributed by atoms with Crippen LogP contribution >= 0.6 is 0 Å². The van der Waals surface area contributed by atoms with Crippen molar-refractivity contribution in [3.8, 4) is 5.75 Å². The minimum Gasteiger partial charge on any atom is -0.480 e. The molecular weight excluding hydrogens is 238 g/mol. The highest BCUT2D eigenvalue weighted by atomic mass is 16.5. The minimum atomic E-state index is -0.400. The molecule has 1 atom stereocenters. The fourth-order valence-electron chi connectivity index (χ4n) is 1.86. The molecule has 1 amide bonds. The molecule has 0 fully saturated rings. The molecule has 19 heavy (non-hydrogen) atoms. The van der Waals surface area contributed by atoms with Crippen LogP contribution < -0.4 is 10.1 Å². The number of carbonyl (C=O) groups is 1. The average molecular weight is 263 g/mol. The van der Waals surface area contributed by atoms with Gasteiger partial charge in [0.2, 0.25) is 0 Å². The average Bonchev–Trinajstić information content (AvgIpc) is 2.42. The number of benzene rings is 1. The third-order valence-electron chi connectivity index (χ3n) is 3.11. The van der Waals surface area contributed by atoms with Crippen molar-refractivity contribution < 1.29 is 9.53 Å². The van der Waals surface area contributed by atoms with E-state index in [9.17, 15) is 4.79 Å². The predicted octanol–water partition coefficient (Wildman–Crippen LogP) is 3.46. The Bertz CT molecular complexity index is 390. The number of para-hydroxylation sites is 1. The zero-order valence-electron chi connectivity index (χ0n) is 12.2. The minimum absolute atomic E-state index is 0.0122. The van der Waals surface area contributed by atoms with Gasteiger partial charge < -0.3 is 10.1 Å². The van der Waals surface area contributed by atoms with Gasteiger partial charge in [-0.2, -0.15) is 0 Å². The van der Waals surface area contributed by atoms with Crippen molar-refractivity contribution in [1.29, 1.82) is 0 Å². The largest absolute Gasteiger partial charge is 0.480 e. The molecule has 106 valence electrons. The summed E-state index contributed by atoms with van der Waals surface area (Å²) < 4.78 is 5.80. The van der Waals surface area contributed by atoms with Crippen molar-refractivity contribution in [1.82, 2.24) is 5.32 Å². The summed E-state index contributed by atoms with van der Waals surface area (Å²) in [5.41, 5.74) is 1.06. The lowest BCUT2D eigenvalue weighted by atomic mass is 10.2. The quantitative estimate of drug-likeness (QED) is 0.729. The van der Waals surface area contributed by atoms with Crippen LogP contribution in [0.4, 0.5) is 0 Å². The maximum Gasteiger partial charge on any atom is 0.261 e. The number of aryl methyl sites for hydroxylation is 1. The molecule has 1 aromatic rings. The summed E-state index contributed by atoms with van der Waals surface area (Å²) in [7, 11) is 0. The van der Waals surface area contributed by atoms with Gasteiger partial charge in [0, 0.05) is 6.54 Å². The Morgan fingerprint density at radius 3 is 2.63 bits per heavy atom. The van der Waals surface area contributed by atoms with Crippen LogP contribution in [-0.2, 0) is 4.79 Å². The lowest BCUT2D eigenvalue weighted by Crippen LogP contribution is -2.38. The first-order chi connectivity index (χ1) is 9.19. The predicted molar refractivity (Wildman–Crippen MR) is 78.4 cm³/mol. The fraction of sp³-hybridized carbons (Fsp3) is 0.562. The van der Waals surface area contributed by atoms with Gasteiger partial charge in [0.15, 0.2) is 6.10 Å². The molecule has 0 saturated heterocycles. The standard InChI is InChI=1S/C16H25NO2/c1-4-6-9-12-17-16(18)14(5-2)19-15-11-8-7-10-13(15)3/h7-8,10-11,14H,4-6,9,12H2,1-3H3,(H,17,18). The second kappa shape index (κ2) is 8.57. The molecule has 3 heteroatoms. The Morgan fingerprint density at radius 2 is 2.00 bits per heavy atom. The van der Waals surface area contributed by atoms with Crippen LogP contribution in [0.25, 0.3) is 0 Å². The van der Waals surface area contributed by atoms with Crippen molar-refractivity contribution in [2.45, 2.75) is 52.6 Å². The molecule has 1 N–H and O–H groups in total. The number of unbranched alkanes of at least 4 members (excludes halogenated alkanes) is 2. The molecule has 1 rings (SSSR count). The topological polar surface area (TPSA) is 38.3 Å². The van der Waals surface area contributed by atoms with Crippen LogP contribution in [-0.4, -0.2) is 18.6 Å². The highest BCUT2D eigenvalue weighted by molar-refractivity contribution is 5.81. The van der Waals surface area contributed by atoms with Crippen molar-refractivity contribution in [3.05, 3.63) is 29.8 Å². The first-order valence-electron chi connectivity index (χ1n) is 7.19. The van der Waals surface area contributed by atoms with Crippen LogP contribution in [0.2, 0.25) is 0 Å². The number of carbonyl (C=O) groups excluding carboxylic acids is 1. The van der Waals surface area contributed by atoms with Gasteiger partial charge in [-0.1, -0.05) is 44.9 Å². The maximum absolute atomic E-state index is 12.0. The number of amides is 1. The van der Waals surface area contributed by atoms with E-state index in [1.54, 1.807) is 0 Å². The van der Waals surface area contributed by atoms with E-state index >= 15 is 0 Å². The van der Waals surface area contributed by atoms with Crippen LogP contribution in [0.1, 0.15) is 45.1 Å². The molecule has 0 aliphatic heterocycles. The molecule has 0 aromatic heterocycles. The van der Waals surface area contributed by atoms with E-state index in [0.717, 1.165) is 37.1 Å². The lowest BCUT2D eigenvalue weighted by molar-refractivity contribution is -0.128. The van der Waals surface area contributed by atoms with Gasteiger partial charge in [0.25, 0.3) is 5.91 Å². The van der Waals surface area contributed by atoms with Crippen molar-refractivity contribution in [2.24, 2.45) is 0 Å². The monoisotopic (exact) mass is 263 g/mol. The van der Waals surface area contributed by atoms with Crippen LogP contribution in [0.3, 0.4) is 0 Å². The third kappa shape index (κ3) is 5.33. The smallest absolute Gasteiger partial charge is 0.261 e. The van der Waals surface area contributed by atoms with E-state index in [1.807, 2.05) is 38.1 Å².